The van der Waals surface area contributed by atoms with Gasteiger partial charge in [0.25, 0.3) is 0 Å². The second kappa shape index (κ2) is 3.89. The van der Waals surface area contributed by atoms with E-state index in [9.17, 15) is 12.9 Å². The number of halogens is 3. The van der Waals surface area contributed by atoms with Crippen LogP contribution in [0, 0.1) is 0 Å². The molecule has 0 saturated carbocycles. The maximum Gasteiger partial charge on any atom is 0.483 e. The first kappa shape index (κ1) is 10.5. The lowest BCUT2D eigenvalue weighted by atomic mass is 9.67. The molecular formula is C10H12BF3N-. The van der Waals surface area contributed by atoms with Gasteiger partial charge in [0.15, 0.2) is 0 Å². The van der Waals surface area contributed by atoms with E-state index in [2.05, 4.69) is 5.32 Å². The molecule has 1 nitrogen and oxygen atoms in total. The van der Waals surface area contributed by atoms with Gasteiger partial charge in [-0.25, -0.2) is 0 Å². The summed E-state index contributed by atoms with van der Waals surface area (Å²) >= 11 is 0. The molecule has 1 aromatic carbocycles. The lowest BCUT2D eigenvalue weighted by Gasteiger charge is -2.28. The molecule has 15 heavy (non-hydrogen) atoms. The Morgan fingerprint density at radius 2 is 1.80 bits per heavy atom. The topological polar surface area (TPSA) is 12.0 Å². The highest BCUT2D eigenvalue weighted by molar-refractivity contribution is 6.60. The molecule has 1 aliphatic heterocycles. The first-order chi connectivity index (χ1) is 7.09. The van der Waals surface area contributed by atoms with Gasteiger partial charge in [-0.15, -0.1) is 0 Å². The van der Waals surface area contributed by atoms with E-state index in [1.807, 2.05) is 6.07 Å². The molecule has 82 valence electrons. The van der Waals surface area contributed by atoms with E-state index in [1.54, 1.807) is 24.3 Å². The summed E-state index contributed by atoms with van der Waals surface area (Å²) in [6.45, 7) is -4.30. The van der Waals surface area contributed by atoms with E-state index in [4.69, 9.17) is 0 Å². The summed E-state index contributed by atoms with van der Waals surface area (Å²) in [5.41, 5.74) is 0.735. The van der Waals surface area contributed by atoms with Gasteiger partial charge in [-0.2, -0.15) is 0 Å². The monoisotopic (exact) mass is 214 g/mol. The molecule has 0 aromatic heterocycles. The first-order valence-electron chi connectivity index (χ1n) is 5.07. The van der Waals surface area contributed by atoms with E-state index >= 15 is 0 Å². The zero-order valence-corrected chi connectivity index (χ0v) is 8.17. The fourth-order valence-corrected chi connectivity index (χ4v) is 2.16. The van der Waals surface area contributed by atoms with Gasteiger partial charge in [-0.05, 0) is 12.1 Å². The van der Waals surface area contributed by atoms with Crippen LogP contribution in [0.3, 0.4) is 0 Å². The highest BCUT2D eigenvalue weighted by atomic mass is 19.4. The van der Waals surface area contributed by atoms with Crippen molar-refractivity contribution in [2.75, 3.05) is 6.54 Å². The van der Waals surface area contributed by atoms with Crippen LogP contribution in [0.2, 0.25) is 5.82 Å². The molecule has 0 spiro atoms. The highest BCUT2D eigenvalue weighted by Gasteiger charge is 2.42. The van der Waals surface area contributed by atoms with Crippen molar-refractivity contribution in [2.45, 2.75) is 18.3 Å². The predicted molar refractivity (Wildman–Crippen MR) is 54.6 cm³/mol. The minimum absolute atomic E-state index is 0.197. The van der Waals surface area contributed by atoms with Gasteiger partial charge in [0.05, 0.1) is 0 Å². The van der Waals surface area contributed by atoms with Crippen LogP contribution in [-0.2, 0) is 0 Å². The quantitative estimate of drug-likeness (QED) is 0.746. The van der Waals surface area contributed by atoms with Crippen molar-refractivity contribution in [2.24, 2.45) is 0 Å². The maximum absolute atomic E-state index is 12.7. The fourth-order valence-electron chi connectivity index (χ4n) is 2.16. The Hall–Kier alpha value is -0.965. The van der Waals surface area contributed by atoms with E-state index in [0.29, 0.717) is 6.54 Å². The number of nitrogens with one attached hydrogen (secondary N) is 1. The SMILES string of the molecule is F[B-](F)(F)[C@@H]1CCN[C@@H]1c1ccccc1. The average Bonchev–Trinajstić information content (AvgIpc) is 2.67. The van der Waals surface area contributed by atoms with Gasteiger partial charge in [-0.1, -0.05) is 42.6 Å². The predicted octanol–water partition coefficient (Wildman–Crippen LogP) is 2.94. The van der Waals surface area contributed by atoms with Gasteiger partial charge >= 0.3 is 6.98 Å². The average molecular weight is 214 g/mol. The number of hydrogen-bond acceptors (Lipinski definition) is 1. The molecule has 0 unspecified atom stereocenters. The largest absolute Gasteiger partial charge is 0.483 e. The Labute approximate surface area is 86.7 Å². The normalized spacial score (nSPS) is 26.9. The minimum atomic E-state index is -4.75. The molecule has 0 amide bonds. The van der Waals surface area contributed by atoms with Crippen LogP contribution in [0.25, 0.3) is 0 Å². The molecule has 1 aromatic rings. The molecule has 2 atom stereocenters. The summed E-state index contributed by atoms with van der Waals surface area (Å²) in [5, 5.41) is 2.93. The van der Waals surface area contributed by atoms with Crippen LogP contribution in [0.5, 0.6) is 0 Å². The molecule has 2 rings (SSSR count). The molecule has 0 aliphatic carbocycles. The van der Waals surface area contributed by atoms with Crippen LogP contribution in [0.1, 0.15) is 18.0 Å². The molecule has 1 aliphatic rings. The van der Waals surface area contributed by atoms with Gasteiger partial charge in [0, 0.05) is 6.04 Å². The van der Waals surface area contributed by atoms with Gasteiger partial charge in [0.2, 0.25) is 0 Å². The van der Waals surface area contributed by atoms with E-state index in [1.165, 1.54) is 0 Å². The standard InChI is InChI=1S/C10H12BF3N/c12-11(13,14)9-6-7-15-10(9)8-4-2-1-3-5-8/h1-5,9-10,15H,6-7H2/q-1/t9-,10-/m1/s1. The second-order valence-corrected chi connectivity index (χ2v) is 3.92. The van der Waals surface area contributed by atoms with Crippen LogP contribution in [0.4, 0.5) is 12.9 Å². The van der Waals surface area contributed by atoms with Gasteiger partial charge < -0.3 is 18.3 Å². The fraction of sp³-hybridized carbons (Fsp3) is 0.400. The van der Waals surface area contributed by atoms with E-state index in [0.717, 1.165) is 5.56 Å². The maximum atomic E-state index is 12.7. The number of hydrogen-bond donors (Lipinski definition) is 1. The smallest absolute Gasteiger partial charge is 0.449 e. The Morgan fingerprint density at radius 1 is 1.13 bits per heavy atom. The third-order valence-corrected chi connectivity index (χ3v) is 2.91. The van der Waals surface area contributed by atoms with Crippen LogP contribution >= 0.6 is 0 Å². The van der Waals surface area contributed by atoms with Crippen LogP contribution < -0.4 is 5.32 Å². The molecule has 0 radical (unpaired) electrons. The third kappa shape index (κ3) is 2.17. The number of benzene rings is 1. The molecular weight excluding hydrogens is 202 g/mol. The summed E-state index contributed by atoms with van der Waals surface area (Å²) in [7, 11) is 0. The van der Waals surface area contributed by atoms with Crippen molar-refractivity contribution in [3.05, 3.63) is 35.9 Å². The summed E-state index contributed by atoms with van der Waals surface area (Å²) in [6.07, 6.45) is 0.197. The van der Waals surface area contributed by atoms with E-state index < -0.39 is 18.8 Å². The van der Waals surface area contributed by atoms with E-state index in [-0.39, 0.29) is 6.42 Å². The van der Waals surface area contributed by atoms with Crippen molar-refractivity contribution in [3.63, 3.8) is 0 Å². The lowest BCUT2D eigenvalue weighted by Crippen LogP contribution is -2.29. The number of rotatable bonds is 2. The molecule has 1 N–H and O–H groups in total. The van der Waals surface area contributed by atoms with Gasteiger partial charge in [0.1, 0.15) is 0 Å². The van der Waals surface area contributed by atoms with Crippen molar-refractivity contribution in [1.82, 2.24) is 5.32 Å². The molecule has 1 heterocycles. The minimum Gasteiger partial charge on any atom is -0.449 e. The second-order valence-electron chi connectivity index (χ2n) is 3.92. The zero-order valence-electron chi connectivity index (χ0n) is 8.17. The molecule has 1 fully saturated rings. The lowest BCUT2D eigenvalue weighted by molar-refractivity contribution is 0.415. The molecule has 1 saturated heterocycles. The van der Waals surface area contributed by atoms with Crippen molar-refractivity contribution in [1.29, 1.82) is 0 Å². The Balaban J connectivity index is 2.23. The zero-order chi connectivity index (χ0) is 10.9. The molecule has 5 heteroatoms. The van der Waals surface area contributed by atoms with Crippen molar-refractivity contribution >= 4 is 6.98 Å². The summed E-state index contributed by atoms with van der Waals surface area (Å²) in [4.78, 5) is 0. The third-order valence-electron chi connectivity index (χ3n) is 2.91. The van der Waals surface area contributed by atoms with Crippen molar-refractivity contribution < 1.29 is 12.9 Å². The molecule has 0 bridgehead atoms. The van der Waals surface area contributed by atoms with Crippen LogP contribution in [0.15, 0.2) is 30.3 Å². The summed E-state index contributed by atoms with van der Waals surface area (Å²) in [6, 6.07) is 8.30. The highest BCUT2D eigenvalue weighted by Crippen LogP contribution is 2.43. The first-order valence-corrected chi connectivity index (χ1v) is 5.07. The summed E-state index contributed by atoms with van der Waals surface area (Å²) in [5.74, 6) is -1.19. The van der Waals surface area contributed by atoms with Gasteiger partial charge in [-0.3, -0.25) is 0 Å². The Morgan fingerprint density at radius 3 is 2.40 bits per heavy atom. The van der Waals surface area contributed by atoms with Crippen molar-refractivity contribution in [3.8, 4) is 0 Å². The Bertz CT molecular complexity index is 325. The van der Waals surface area contributed by atoms with Crippen LogP contribution in [-0.4, -0.2) is 13.5 Å². The summed E-state index contributed by atoms with van der Waals surface area (Å²) < 4.78 is 38.2. The Kier molecular flexibility index (Phi) is 2.73.